The molecule has 5 heteroatoms. The standard InChI is InChI=1S/C24H21N5/c1-15-10-22-23(28-15)12-19(13-25-22)18-8-9-21-20(11-18)24(27-14-26-21)29-16(2)17-6-4-3-5-7-17/h3-9,11-14,16H,10H2,1-2H3,(H,26,27,29). The maximum absolute atomic E-state index is 4.62. The van der Waals surface area contributed by atoms with Crippen LogP contribution in [0.2, 0.25) is 0 Å². The number of fused-ring (bicyclic) bond motifs is 2. The smallest absolute Gasteiger partial charge is 0.137 e. The van der Waals surface area contributed by atoms with Gasteiger partial charge in [0.05, 0.1) is 16.9 Å². The van der Waals surface area contributed by atoms with E-state index in [0.29, 0.717) is 0 Å². The van der Waals surface area contributed by atoms with Crippen LogP contribution in [-0.2, 0) is 6.42 Å². The fraction of sp³-hybridized carbons (Fsp3) is 0.167. The van der Waals surface area contributed by atoms with Crippen LogP contribution in [0, 0.1) is 0 Å². The van der Waals surface area contributed by atoms with Crippen molar-refractivity contribution >= 4 is 28.1 Å². The van der Waals surface area contributed by atoms with Gasteiger partial charge in [-0.3, -0.25) is 9.98 Å². The number of nitrogens with one attached hydrogen (secondary N) is 1. The lowest BCUT2D eigenvalue weighted by Gasteiger charge is -2.16. The number of nitrogens with zero attached hydrogens (tertiary/aromatic N) is 4. The largest absolute Gasteiger partial charge is 0.363 e. The highest BCUT2D eigenvalue weighted by Gasteiger charge is 2.15. The van der Waals surface area contributed by atoms with E-state index >= 15 is 0 Å². The maximum Gasteiger partial charge on any atom is 0.137 e. The Morgan fingerprint density at radius 2 is 1.79 bits per heavy atom. The van der Waals surface area contributed by atoms with Crippen molar-refractivity contribution in [3.8, 4) is 11.1 Å². The fourth-order valence-corrected chi connectivity index (χ4v) is 3.74. The third-order valence-corrected chi connectivity index (χ3v) is 5.30. The van der Waals surface area contributed by atoms with Gasteiger partial charge in [-0.05, 0) is 43.2 Å². The molecule has 1 atom stereocenters. The summed E-state index contributed by atoms with van der Waals surface area (Å²) in [4.78, 5) is 18.2. The zero-order chi connectivity index (χ0) is 19.8. The first kappa shape index (κ1) is 17.5. The van der Waals surface area contributed by atoms with Gasteiger partial charge in [0.15, 0.2) is 0 Å². The lowest BCUT2D eigenvalue weighted by molar-refractivity contribution is 0.876. The van der Waals surface area contributed by atoms with E-state index in [-0.39, 0.29) is 6.04 Å². The van der Waals surface area contributed by atoms with Crippen LogP contribution in [0.15, 0.2) is 72.1 Å². The Morgan fingerprint density at radius 3 is 2.66 bits per heavy atom. The zero-order valence-electron chi connectivity index (χ0n) is 16.4. The summed E-state index contributed by atoms with van der Waals surface area (Å²) in [5.74, 6) is 0.830. The van der Waals surface area contributed by atoms with E-state index in [4.69, 9.17) is 0 Å². The van der Waals surface area contributed by atoms with E-state index in [2.05, 4.69) is 74.6 Å². The third kappa shape index (κ3) is 3.36. The molecular weight excluding hydrogens is 358 g/mol. The molecule has 1 aliphatic heterocycles. The van der Waals surface area contributed by atoms with Crippen molar-refractivity contribution in [2.45, 2.75) is 26.3 Å². The average Bonchev–Trinajstić information content (AvgIpc) is 3.13. The van der Waals surface area contributed by atoms with Crippen molar-refractivity contribution in [2.75, 3.05) is 5.32 Å². The van der Waals surface area contributed by atoms with Crippen LogP contribution >= 0.6 is 0 Å². The second kappa shape index (κ2) is 7.09. The monoisotopic (exact) mass is 379 g/mol. The van der Waals surface area contributed by atoms with Crippen molar-refractivity contribution < 1.29 is 0 Å². The number of aliphatic imine (C=N–C) groups is 1. The molecule has 1 unspecified atom stereocenters. The number of hydrogen-bond acceptors (Lipinski definition) is 5. The van der Waals surface area contributed by atoms with Crippen molar-refractivity contribution in [1.29, 1.82) is 0 Å². The van der Waals surface area contributed by atoms with Crippen LogP contribution in [0.5, 0.6) is 0 Å². The van der Waals surface area contributed by atoms with Crippen molar-refractivity contribution in [3.05, 3.63) is 78.4 Å². The number of anilines is 1. The highest BCUT2D eigenvalue weighted by atomic mass is 15.0. The van der Waals surface area contributed by atoms with E-state index in [1.807, 2.05) is 25.3 Å². The van der Waals surface area contributed by atoms with E-state index in [0.717, 1.165) is 51.4 Å². The van der Waals surface area contributed by atoms with Gasteiger partial charge in [0.1, 0.15) is 12.1 Å². The molecule has 5 nitrogen and oxygen atoms in total. The second-order valence-corrected chi connectivity index (χ2v) is 7.44. The van der Waals surface area contributed by atoms with Gasteiger partial charge in [-0.25, -0.2) is 9.97 Å². The SMILES string of the molecule is CC1=Nc2cc(-c3ccc4ncnc(NC(C)c5ccccc5)c4c3)cnc2C1. The van der Waals surface area contributed by atoms with Gasteiger partial charge in [0.25, 0.3) is 0 Å². The maximum atomic E-state index is 4.62. The summed E-state index contributed by atoms with van der Waals surface area (Å²) in [7, 11) is 0. The van der Waals surface area contributed by atoms with Crippen molar-refractivity contribution in [3.63, 3.8) is 0 Å². The molecule has 0 amide bonds. The summed E-state index contributed by atoms with van der Waals surface area (Å²) in [5, 5.41) is 4.53. The molecule has 5 rings (SSSR count). The summed E-state index contributed by atoms with van der Waals surface area (Å²) >= 11 is 0. The Labute approximate surface area is 169 Å². The Bertz CT molecular complexity index is 1230. The van der Waals surface area contributed by atoms with Gasteiger partial charge < -0.3 is 5.32 Å². The first-order chi connectivity index (χ1) is 14.2. The number of benzene rings is 2. The molecule has 0 saturated heterocycles. The highest BCUT2D eigenvalue weighted by molar-refractivity contribution is 5.94. The number of rotatable bonds is 4. The van der Waals surface area contributed by atoms with Gasteiger partial charge in [0, 0.05) is 35.3 Å². The van der Waals surface area contributed by atoms with E-state index in [9.17, 15) is 0 Å². The van der Waals surface area contributed by atoms with Crippen LogP contribution < -0.4 is 5.32 Å². The molecule has 1 N–H and O–H groups in total. The summed E-state index contributed by atoms with van der Waals surface area (Å²) in [5.41, 5.74) is 7.39. The molecule has 0 radical (unpaired) electrons. The van der Waals surface area contributed by atoms with Gasteiger partial charge in [-0.1, -0.05) is 36.4 Å². The van der Waals surface area contributed by atoms with Gasteiger partial charge >= 0.3 is 0 Å². The number of hydrogen-bond donors (Lipinski definition) is 1. The van der Waals surface area contributed by atoms with Crippen LogP contribution in [0.1, 0.15) is 31.1 Å². The molecular formula is C24H21N5. The third-order valence-electron chi connectivity index (χ3n) is 5.30. The first-order valence-electron chi connectivity index (χ1n) is 9.77. The molecule has 2 aromatic carbocycles. The minimum Gasteiger partial charge on any atom is -0.363 e. The molecule has 1 aliphatic rings. The molecule has 142 valence electrons. The fourth-order valence-electron chi connectivity index (χ4n) is 3.74. The summed E-state index contributed by atoms with van der Waals surface area (Å²) < 4.78 is 0. The predicted molar refractivity (Wildman–Crippen MR) is 118 cm³/mol. The van der Waals surface area contributed by atoms with E-state index in [1.54, 1.807) is 6.33 Å². The first-order valence-corrected chi connectivity index (χ1v) is 9.77. The van der Waals surface area contributed by atoms with E-state index < -0.39 is 0 Å². The lowest BCUT2D eigenvalue weighted by Crippen LogP contribution is -2.08. The number of pyridine rings is 1. The average molecular weight is 379 g/mol. The van der Waals surface area contributed by atoms with E-state index in [1.165, 1.54) is 5.56 Å². The Morgan fingerprint density at radius 1 is 0.931 bits per heavy atom. The molecule has 0 aliphatic carbocycles. The molecule has 3 heterocycles. The zero-order valence-corrected chi connectivity index (χ0v) is 16.4. The molecule has 0 fully saturated rings. The van der Waals surface area contributed by atoms with Gasteiger partial charge in [0.2, 0.25) is 0 Å². The summed E-state index contributed by atoms with van der Waals surface area (Å²) in [6.07, 6.45) is 4.38. The molecule has 2 aromatic heterocycles. The summed E-state index contributed by atoms with van der Waals surface area (Å²) in [6, 6.07) is 18.9. The lowest BCUT2D eigenvalue weighted by atomic mass is 10.0. The Hall–Kier alpha value is -3.60. The van der Waals surface area contributed by atoms with Crippen LogP contribution in [0.4, 0.5) is 11.5 Å². The molecule has 0 bridgehead atoms. The normalized spacial score (nSPS) is 13.8. The van der Waals surface area contributed by atoms with Crippen LogP contribution in [0.3, 0.4) is 0 Å². The van der Waals surface area contributed by atoms with Crippen molar-refractivity contribution in [1.82, 2.24) is 15.0 Å². The predicted octanol–water partition coefficient (Wildman–Crippen LogP) is 5.51. The molecule has 0 spiro atoms. The Kier molecular flexibility index (Phi) is 4.28. The quantitative estimate of drug-likeness (QED) is 0.507. The van der Waals surface area contributed by atoms with Gasteiger partial charge in [-0.15, -0.1) is 0 Å². The molecule has 0 saturated carbocycles. The van der Waals surface area contributed by atoms with Crippen LogP contribution in [-0.4, -0.2) is 20.7 Å². The minimum absolute atomic E-state index is 0.136. The Balaban J connectivity index is 1.53. The van der Waals surface area contributed by atoms with Crippen molar-refractivity contribution in [2.24, 2.45) is 4.99 Å². The molecule has 4 aromatic rings. The highest BCUT2D eigenvalue weighted by Crippen LogP contribution is 2.33. The number of aromatic nitrogens is 3. The summed E-state index contributed by atoms with van der Waals surface area (Å²) in [6.45, 7) is 4.18. The topological polar surface area (TPSA) is 63.1 Å². The van der Waals surface area contributed by atoms with Gasteiger partial charge in [-0.2, -0.15) is 0 Å². The minimum atomic E-state index is 0.136. The molecule has 29 heavy (non-hydrogen) atoms. The van der Waals surface area contributed by atoms with Crippen LogP contribution in [0.25, 0.3) is 22.0 Å². The second-order valence-electron chi connectivity index (χ2n) is 7.44.